The Hall–Kier alpha value is -1.74. The maximum Gasteiger partial charge on any atom is 0.240 e. The van der Waals surface area contributed by atoms with Crippen LogP contribution in [0.4, 0.5) is 0 Å². The third-order valence-electron chi connectivity index (χ3n) is 3.70. The summed E-state index contributed by atoms with van der Waals surface area (Å²) in [6.07, 6.45) is 0.745. The first-order valence-electron chi connectivity index (χ1n) is 7.35. The van der Waals surface area contributed by atoms with Crippen molar-refractivity contribution in [3.8, 4) is 15.6 Å². The lowest BCUT2D eigenvalue weighted by Gasteiger charge is -2.07. The molecule has 0 amide bonds. The van der Waals surface area contributed by atoms with E-state index < -0.39 is 10.0 Å². The van der Waals surface area contributed by atoms with Gasteiger partial charge in [0.1, 0.15) is 10.8 Å². The molecule has 0 atom stereocenters. The largest absolute Gasteiger partial charge is 0.493 e. The lowest BCUT2D eigenvalue weighted by molar-refractivity contribution is 0.356. The Kier molecular flexibility index (Phi) is 4.13. The highest BCUT2D eigenvalue weighted by atomic mass is 32.2. The fourth-order valence-electron chi connectivity index (χ4n) is 2.48. The third-order valence-corrected chi connectivity index (χ3v) is 7.03. The highest BCUT2D eigenvalue weighted by Crippen LogP contribution is 2.29. The number of ether oxygens (including phenoxy) is 1. The minimum absolute atomic E-state index is 0.178. The summed E-state index contributed by atoms with van der Waals surface area (Å²) < 4.78 is 33.0. The van der Waals surface area contributed by atoms with Gasteiger partial charge in [-0.2, -0.15) is 0 Å². The van der Waals surface area contributed by atoms with Gasteiger partial charge in [0, 0.05) is 11.8 Å². The van der Waals surface area contributed by atoms with E-state index in [2.05, 4.69) is 9.71 Å². The maximum atomic E-state index is 12.5. The molecule has 3 aromatic rings. The van der Waals surface area contributed by atoms with Crippen LogP contribution in [0.2, 0.25) is 0 Å². The molecule has 1 aliphatic heterocycles. The van der Waals surface area contributed by atoms with E-state index in [1.165, 1.54) is 11.3 Å². The molecule has 2 aromatic heterocycles. The zero-order chi connectivity index (χ0) is 16.6. The van der Waals surface area contributed by atoms with Crippen molar-refractivity contribution in [3.63, 3.8) is 0 Å². The van der Waals surface area contributed by atoms with Crippen LogP contribution in [-0.4, -0.2) is 20.0 Å². The van der Waals surface area contributed by atoms with E-state index in [-0.39, 0.29) is 11.4 Å². The van der Waals surface area contributed by atoms with Gasteiger partial charge in [-0.15, -0.1) is 22.7 Å². The van der Waals surface area contributed by atoms with E-state index in [9.17, 15) is 8.42 Å². The van der Waals surface area contributed by atoms with Crippen LogP contribution < -0.4 is 9.46 Å². The molecule has 3 heterocycles. The smallest absolute Gasteiger partial charge is 0.240 e. The molecular formula is C16H14N2O3S3. The van der Waals surface area contributed by atoms with E-state index in [0.29, 0.717) is 6.61 Å². The fraction of sp³-hybridized carbons (Fsp3) is 0.188. The van der Waals surface area contributed by atoms with Gasteiger partial charge < -0.3 is 4.74 Å². The summed E-state index contributed by atoms with van der Waals surface area (Å²) in [4.78, 5) is 5.84. The van der Waals surface area contributed by atoms with Gasteiger partial charge in [-0.3, -0.25) is 0 Å². The number of sulfonamides is 1. The molecule has 0 saturated heterocycles. The molecule has 5 nitrogen and oxygen atoms in total. The molecule has 124 valence electrons. The second-order valence-corrected chi connectivity index (χ2v) is 8.89. The summed E-state index contributed by atoms with van der Waals surface area (Å²) in [6, 6.07) is 8.95. The van der Waals surface area contributed by atoms with E-state index in [4.69, 9.17) is 4.74 Å². The van der Waals surface area contributed by atoms with Gasteiger partial charge in [-0.1, -0.05) is 6.07 Å². The molecule has 0 aliphatic carbocycles. The number of hydrogen-bond donors (Lipinski definition) is 1. The first kappa shape index (κ1) is 15.8. The number of aromatic nitrogens is 1. The Morgan fingerprint density at radius 3 is 3.00 bits per heavy atom. The highest BCUT2D eigenvalue weighted by molar-refractivity contribution is 7.89. The van der Waals surface area contributed by atoms with Crippen molar-refractivity contribution in [1.29, 1.82) is 0 Å². The van der Waals surface area contributed by atoms with Crippen LogP contribution in [-0.2, 0) is 23.0 Å². The van der Waals surface area contributed by atoms with E-state index in [1.807, 2.05) is 22.9 Å². The number of thiophene rings is 1. The summed E-state index contributed by atoms with van der Waals surface area (Å²) in [5, 5.41) is 4.79. The topological polar surface area (TPSA) is 68.3 Å². The second kappa shape index (κ2) is 6.29. The van der Waals surface area contributed by atoms with Gasteiger partial charge in [0.15, 0.2) is 0 Å². The molecule has 0 radical (unpaired) electrons. The normalized spacial score (nSPS) is 13.7. The number of fused-ring (bicyclic) bond motifs is 1. The van der Waals surface area contributed by atoms with Crippen molar-refractivity contribution in [2.24, 2.45) is 0 Å². The Morgan fingerprint density at radius 1 is 1.25 bits per heavy atom. The predicted molar refractivity (Wildman–Crippen MR) is 95.1 cm³/mol. The zero-order valence-electron chi connectivity index (χ0n) is 12.6. The maximum absolute atomic E-state index is 12.5. The van der Waals surface area contributed by atoms with Gasteiger partial charge in [0.05, 0.1) is 28.6 Å². The van der Waals surface area contributed by atoms with Crippen molar-refractivity contribution in [1.82, 2.24) is 9.71 Å². The number of nitrogens with zero attached hydrogens (tertiary/aromatic N) is 1. The van der Waals surface area contributed by atoms with E-state index in [1.54, 1.807) is 29.5 Å². The summed E-state index contributed by atoms with van der Waals surface area (Å²) in [5.74, 6) is 0.772. The minimum atomic E-state index is -3.56. The van der Waals surface area contributed by atoms with Crippen LogP contribution >= 0.6 is 22.7 Å². The molecule has 0 saturated carbocycles. The van der Waals surface area contributed by atoms with Gasteiger partial charge in [0.2, 0.25) is 10.0 Å². The molecule has 1 aromatic carbocycles. The SMILES string of the molecule is O=S(=O)(NCc1csc(-c2cccs2)n1)c1ccc2c(c1)CCO2. The summed E-state index contributed by atoms with van der Waals surface area (Å²) in [6.45, 7) is 0.786. The molecule has 0 fully saturated rings. The van der Waals surface area contributed by atoms with Crippen LogP contribution in [0, 0.1) is 0 Å². The molecule has 0 unspecified atom stereocenters. The van der Waals surface area contributed by atoms with Crippen LogP contribution in [0.15, 0.2) is 46.0 Å². The summed E-state index contributed by atoms with van der Waals surface area (Å²) in [7, 11) is -3.56. The monoisotopic (exact) mass is 378 g/mol. The van der Waals surface area contributed by atoms with Gasteiger partial charge >= 0.3 is 0 Å². The van der Waals surface area contributed by atoms with Crippen molar-refractivity contribution < 1.29 is 13.2 Å². The van der Waals surface area contributed by atoms with Crippen LogP contribution in [0.25, 0.3) is 9.88 Å². The van der Waals surface area contributed by atoms with Crippen LogP contribution in [0.3, 0.4) is 0 Å². The Balaban J connectivity index is 1.49. The first-order chi connectivity index (χ1) is 11.6. The standard InChI is InChI=1S/C16H14N2O3S3/c19-24(20,13-3-4-14-11(8-13)5-6-21-14)17-9-12-10-23-16(18-12)15-2-1-7-22-15/h1-4,7-8,10,17H,5-6,9H2. The molecular weight excluding hydrogens is 364 g/mol. The van der Waals surface area contributed by atoms with Crippen molar-refractivity contribution >= 4 is 32.7 Å². The van der Waals surface area contributed by atoms with E-state index >= 15 is 0 Å². The Morgan fingerprint density at radius 2 is 2.17 bits per heavy atom. The number of nitrogens with one attached hydrogen (secondary N) is 1. The molecule has 24 heavy (non-hydrogen) atoms. The Bertz CT molecular complexity index is 962. The molecule has 0 spiro atoms. The average Bonchev–Trinajstić information content (AvgIpc) is 3.32. The van der Waals surface area contributed by atoms with Crippen molar-refractivity contribution in [2.45, 2.75) is 17.9 Å². The fourth-order valence-corrected chi connectivity index (χ4v) is 5.17. The summed E-state index contributed by atoms with van der Waals surface area (Å²) >= 11 is 3.14. The third kappa shape index (κ3) is 3.10. The lowest BCUT2D eigenvalue weighted by atomic mass is 10.2. The van der Waals surface area contributed by atoms with Crippen molar-refractivity contribution in [3.05, 3.63) is 52.3 Å². The van der Waals surface area contributed by atoms with Crippen molar-refractivity contribution in [2.75, 3.05) is 6.61 Å². The molecule has 0 bridgehead atoms. The average molecular weight is 379 g/mol. The predicted octanol–water partition coefficient (Wildman–Crippen LogP) is 3.29. The molecule has 4 rings (SSSR count). The minimum Gasteiger partial charge on any atom is -0.493 e. The highest BCUT2D eigenvalue weighted by Gasteiger charge is 2.19. The molecule has 8 heteroatoms. The van der Waals surface area contributed by atoms with Gasteiger partial charge in [-0.05, 0) is 35.2 Å². The molecule has 1 N–H and O–H groups in total. The molecule has 1 aliphatic rings. The summed E-state index contributed by atoms with van der Waals surface area (Å²) in [5.41, 5.74) is 1.66. The first-order valence-corrected chi connectivity index (χ1v) is 10.6. The van der Waals surface area contributed by atoms with Gasteiger partial charge in [0.25, 0.3) is 0 Å². The van der Waals surface area contributed by atoms with Gasteiger partial charge in [-0.25, -0.2) is 18.1 Å². The van der Waals surface area contributed by atoms with Crippen LogP contribution in [0.1, 0.15) is 11.3 Å². The number of hydrogen-bond acceptors (Lipinski definition) is 6. The quantitative estimate of drug-likeness (QED) is 0.740. The van der Waals surface area contributed by atoms with Crippen LogP contribution in [0.5, 0.6) is 5.75 Å². The number of rotatable bonds is 5. The number of thiazole rings is 1. The lowest BCUT2D eigenvalue weighted by Crippen LogP contribution is -2.23. The zero-order valence-corrected chi connectivity index (χ0v) is 15.0. The number of benzene rings is 1. The Labute approximate surface area is 148 Å². The second-order valence-electron chi connectivity index (χ2n) is 5.31. The van der Waals surface area contributed by atoms with E-state index in [0.717, 1.165) is 33.3 Å².